The van der Waals surface area contributed by atoms with Crippen LogP contribution in [0.25, 0.3) is 5.52 Å². The highest BCUT2D eigenvalue weighted by Crippen LogP contribution is 2.25. The summed E-state index contributed by atoms with van der Waals surface area (Å²) in [4.78, 5) is 17.5. The molecule has 0 aromatic carbocycles. The third kappa shape index (κ3) is 2.90. The lowest BCUT2D eigenvalue weighted by Gasteiger charge is -2.25. The van der Waals surface area contributed by atoms with Crippen LogP contribution in [-0.2, 0) is 12.8 Å². The molecule has 4 rings (SSSR count). The Bertz CT molecular complexity index is 958. The van der Waals surface area contributed by atoms with Gasteiger partial charge in [0.1, 0.15) is 0 Å². The molecule has 26 heavy (non-hydrogen) atoms. The van der Waals surface area contributed by atoms with Gasteiger partial charge in [0.05, 0.1) is 11.7 Å². The van der Waals surface area contributed by atoms with Crippen LogP contribution >= 0.6 is 11.8 Å². The van der Waals surface area contributed by atoms with E-state index in [0.717, 1.165) is 29.9 Å². The first kappa shape index (κ1) is 17.1. The molecule has 1 amide bonds. The molecular weight excluding hydrogens is 346 g/mol. The van der Waals surface area contributed by atoms with E-state index in [-0.39, 0.29) is 11.9 Å². The van der Waals surface area contributed by atoms with Crippen molar-refractivity contribution in [1.29, 1.82) is 0 Å². The van der Waals surface area contributed by atoms with Crippen LogP contribution in [0.4, 0.5) is 0 Å². The fourth-order valence-corrected chi connectivity index (χ4v) is 4.20. The third-order valence-electron chi connectivity index (χ3n) is 4.93. The van der Waals surface area contributed by atoms with Crippen LogP contribution in [0.3, 0.4) is 0 Å². The fourth-order valence-electron chi connectivity index (χ4n) is 3.66. The number of aryl methyl sites for hydroxylation is 1. The molecule has 3 aromatic rings. The lowest BCUT2D eigenvalue weighted by Crippen LogP contribution is -2.39. The molecule has 1 unspecified atom stereocenters. The number of rotatable bonds is 4. The zero-order valence-electron chi connectivity index (χ0n) is 15.3. The average molecular weight is 369 g/mol. The van der Waals surface area contributed by atoms with Crippen molar-refractivity contribution in [3.63, 3.8) is 0 Å². The molecular formula is C19H23N5OS. The highest BCUT2D eigenvalue weighted by atomic mass is 32.2. The van der Waals surface area contributed by atoms with E-state index in [1.54, 1.807) is 0 Å². The Morgan fingerprint density at radius 1 is 1.38 bits per heavy atom. The fraction of sp³-hybridized carbons (Fsp3) is 0.421. The summed E-state index contributed by atoms with van der Waals surface area (Å²) in [7, 11) is 0. The summed E-state index contributed by atoms with van der Waals surface area (Å²) in [6.45, 7) is 4.27. The number of amides is 1. The molecule has 0 saturated heterocycles. The zero-order chi connectivity index (χ0) is 18.3. The number of hydrogen-bond donors (Lipinski definition) is 1. The first-order valence-corrected chi connectivity index (χ1v) is 10.2. The predicted molar refractivity (Wildman–Crippen MR) is 103 cm³/mol. The SMILES string of the molecule is CSc1nc(C(=O)NC2CCc3cnn(C(C)C)c3C2)c2ccccn12. The molecule has 0 bridgehead atoms. The van der Waals surface area contributed by atoms with Gasteiger partial charge in [0.25, 0.3) is 5.91 Å². The van der Waals surface area contributed by atoms with E-state index in [0.29, 0.717) is 11.7 Å². The molecule has 7 heteroatoms. The monoisotopic (exact) mass is 369 g/mol. The van der Waals surface area contributed by atoms with Gasteiger partial charge in [-0.1, -0.05) is 17.8 Å². The topological polar surface area (TPSA) is 64.2 Å². The molecule has 0 fully saturated rings. The van der Waals surface area contributed by atoms with Crippen LogP contribution in [0.1, 0.15) is 48.1 Å². The van der Waals surface area contributed by atoms with Crippen LogP contribution in [0.5, 0.6) is 0 Å². The Morgan fingerprint density at radius 3 is 3.00 bits per heavy atom. The van der Waals surface area contributed by atoms with Gasteiger partial charge in [-0.15, -0.1) is 0 Å². The molecule has 0 spiro atoms. The van der Waals surface area contributed by atoms with Gasteiger partial charge < -0.3 is 5.32 Å². The summed E-state index contributed by atoms with van der Waals surface area (Å²) in [5.74, 6) is -0.0990. The van der Waals surface area contributed by atoms with Gasteiger partial charge in [0.2, 0.25) is 0 Å². The molecule has 0 aliphatic heterocycles. The normalized spacial score (nSPS) is 16.8. The molecule has 6 nitrogen and oxygen atoms in total. The van der Waals surface area contributed by atoms with Crippen LogP contribution in [-0.4, -0.2) is 37.4 Å². The summed E-state index contributed by atoms with van der Waals surface area (Å²) >= 11 is 1.54. The van der Waals surface area contributed by atoms with Gasteiger partial charge >= 0.3 is 0 Å². The molecule has 1 atom stereocenters. The highest BCUT2D eigenvalue weighted by molar-refractivity contribution is 7.98. The molecule has 3 aromatic heterocycles. The second kappa shape index (κ2) is 6.79. The number of hydrogen-bond acceptors (Lipinski definition) is 4. The first-order valence-electron chi connectivity index (χ1n) is 8.95. The van der Waals surface area contributed by atoms with Crippen LogP contribution < -0.4 is 5.32 Å². The van der Waals surface area contributed by atoms with Gasteiger partial charge in [-0.05, 0) is 50.6 Å². The van der Waals surface area contributed by atoms with Gasteiger partial charge in [0.15, 0.2) is 10.9 Å². The van der Waals surface area contributed by atoms with Gasteiger partial charge in [0, 0.05) is 30.4 Å². The molecule has 0 saturated carbocycles. The van der Waals surface area contributed by atoms with Crippen molar-refractivity contribution >= 4 is 23.2 Å². The second-order valence-corrected chi connectivity index (χ2v) is 7.74. The molecule has 1 N–H and O–H groups in total. The Hall–Kier alpha value is -2.28. The molecule has 0 radical (unpaired) electrons. The van der Waals surface area contributed by atoms with E-state index in [9.17, 15) is 4.79 Å². The van der Waals surface area contributed by atoms with Crippen molar-refractivity contribution in [3.8, 4) is 0 Å². The molecule has 1 aliphatic rings. The van der Waals surface area contributed by atoms with Crippen molar-refractivity contribution in [2.45, 2.75) is 50.4 Å². The average Bonchev–Trinajstić information content (AvgIpc) is 3.22. The van der Waals surface area contributed by atoms with Gasteiger partial charge in [-0.25, -0.2) is 4.98 Å². The molecule has 3 heterocycles. The number of carbonyl (C=O) groups excluding carboxylic acids is 1. The number of fused-ring (bicyclic) bond motifs is 2. The Balaban J connectivity index is 1.57. The molecule has 136 valence electrons. The van der Waals surface area contributed by atoms with Crippen LogP contribution in [0, 0.1) is 0 Å². The standard InChI is InChI=1S/C19H23N5OS/c1-12(2)24-16-10-14(8-7-13(16)11-20-24)21-18(25)17-15-6-4-5-9-23(15)19(22-17)26-3/h4-6,9,11-12,14H,7-8,10H2,1-3H3,(H,21,25). The summed E-state index contributed by atoms with van der Waals surface area (Å²) in [5.41, 5.74) is 3.90. The first-order chi connectivity index (χ1) is 12.6. The van der Waals surface area contributed by atoms with E-state index in [2.05, 4.69) is 33.9 Å². The number of thioether (sulfide) groups is 1. The van der Waals surface area contributed by atoms with Crippen LogP contribution in [0.2, 0.25) is 0 Å². The van der Waals surface area contributed by atoms with Crippen LogP contribution in [0.15, 0.2) is 35.7 Å². The number of nitrogens with zero attached hydrogens (tertiary/aromatic N) is 4. The van der Waals surface area contributed by atoms with E-state index in [1.807, 2.05) is 41.2 Å². The van der Waals surface area contributed by atoms with E-state index in [1.165, 1.54) is 23.0 Å². The van der Waals surface area contributed by atoms with E-state index >= 15 is 0 Å². The smallest absolute Gasteiger partial charge is 0.272 e. The minimum absolute atomic E-state index is 0.0990. The van der Waals surface area contributed by atoms with Gasteiger partial charge in [-0.3, -0.25) is 13.9 Å². The maximum Gasteiger partial charge on any atom is 0.272 e. The summed E-state index contributed by atoms with van der Waals surface area (Å²) in [6.07, 6.45) is 8.59. The minimum atomic E-state index is -0.0990. The van der Waals surface area contributed by atoms with Crippen molar-refractivity contribution in [2.75, 3.05) is 6.26 Å². The second-order valence-electron chi connectivity index (χ2n) is 6.97. The maximum absolute atomic E-state index is 12.9. The quantitative estimate of drug-likeness (QED) is 0.718. The zero-order valence-corrected chi connectivity index (χ0v) is 16.1. The van der Waals surface area contributed by atoms with Crippen molar-refractivity contribution in [3.05, 3.63) is 47.5 Å². The van der Waals surface area contributed by atoms with Crippen molar-refractivity contribution < 1.29 is 4.79 Å². The van der Waals surface area contributed by atoms with Crippen molar-refractivity contribution in [1.82, 2.24) is 24.5 Å². The Kier molecular flexibility index (Phi) is 4.48. The third-order valence-corrected chi connectivity index (χ3v) is 5.58. The number of aromatic nitrogens is 4. The number of pyridine rings is 1. The number of nitrogens with one attached hydrogen (secondary N) is 1. The minimum Gasteiger partial charge on any atom is -0.347 e. The van der Waals surface area contributed by atoms with E-state index in [4.69, 9.17) is 0 Å². The Labute approximate surface area is 157 Å². The number of carbonyl (C=O) groups is 1. The maximum atomic E-state index is 12.9. The van der Waals surface area contributed by atoms with E-state index < -0.39 is 0 Å². The highest BCUT2D eigenvalue weighted by Gasteiger charge is 2.26. The largest absolute Gasteiger partial charge is 0.347 e. The van der Waals surface area contributed by atoms with Crippen molar-refractivity contribution in [2.24, 2.45) is 0 Å². The summed E-state index contributed by atoms with van der Waals surface area (Å²) < 4.78 is 4.04. The molecule has 1 aliphatic carbocycles. The number of imidazole rings is 1. The summed E-state index contributed by atoms with van der Waals surface area (Å²) in [5, 5.41) is 8.53. The Morgan fingerprint density at radius 2 is 2.23 bits per heavy atom. The summed E-state index contributed by atoms with van der Waals surface area (Å²) in [6, 6.07) is 6.27. The van der Waals surface area contributed by atoms with Gasteiger partial charge in [-0.2, -0.15) is 5.10 Å². The lowest BCUT2D eigenvalue weighted by atomic mass is 9.93. The lowest BCUT2D eigenvalue weighted by molar-refractivity contribution is 0.0930. The predicted octanol–water partition coefficient (Wildman–Crippen LogP) is 3.12.